The fourth-order valence-electron chi connectivity index (χ4n) is 2.56. The molecule has 27 heavy (non-hydrogen) atoms. The van der Waals surface area contributed by atoms with Crippen molar-refractivity contribution in [2.45, 2.75) is 13.0 Å². The minimum Gasteiger partial charge on any atom is -0.495 e. The topological polar surface area (TPSA) is 105 Å². The number of hydrogen-bond donors (Lipinski definition) is 4. The molecule has 1 heterocycles. The number of nitrogen functional groups attached to an aromatic ring is 1. The largest absolute Gasteiger partial charge is 0.495 e. The van der Waals surface area contributed by atoms with Gasteiger partial charge in [-0.05, 0) is 31.2 Å². The number of benzene rings is 2. The molecule has 0 spiro atoms. The maximum atomic E-state index is 9.94. The van der Waals surface area contributed by atoms with E-state index in [9.17, 15) is 5.11 Å². The zero-order chi connectivity index (χ0) is 19.4. The first-order valence-electron chi connectivity index (χ1n) is 8.25. The molecule has 0 amide bonds. The first-order valence-corrected chi connectivity index (χ1v) is 8.63. The van der Waals surface area contributed by atoms with Crippen molar-refractivity contribution in [3.63, 3.8) is 0 Å². The summed E-state index contributed by atoms with van der Waals surface area (Å²) in [7, 11) is 1.57. The van der Waals surface area contributed by atoms with Crippen molar-refractivity contribution in [1.82, 2.24) is 9.97 Å². The number of anilines is 5. The minimum absolute atomic E-state index is 0.320. The number of ether oxygens (including phenoxy) is 1. The molecule has 0 aliphatic heterocycles. The van der Waals surface area contributed by atoms with Gasteiger partial charge in [-0.3, -0.25) is 0 Å². The Morgan fingerprint density at radius 3 is 2.67 bits per heavy atom. The van der Waals surface area contributed by atoms with E-state index in [1.54, 1.807) is 32.2 Å². The van der Waals surface area contributed by atoms with Gasteiger partial charge in [0.15, 0.2) is 5.82 Å². The summed E-state index contributed by atoms with van der Waals surface area (Å²) >= 11 is 6.24. The monoisotopic (exact) mass is 385 g/mol. The van der Waals surface area contributed by atoms with Crippen LogP contribution in [0, 0.1) is 0 Å². The number of halogens is 1. The van der Waals surface area contributed by atoms with E-state index in [1.807, 2.05) is 24.3 Å². The predicted molar refractivity (Wildman–Crippen MR) is 108 cm³/mol. The van der Waals surface area contributed by atoms with Crippen LogP contribution in [0.5, 0.6) is 5.75 Å². The van der Waals surface area contributed by atoms with Crippen molar-refractivity contribution >= 4 is 40.4 Å². The zero-order valence-electron chi connectivity index (χ0n) is 14.9. The van der Waals surface area contributed by atoms with E-state index >= 15 is 0 Å². The second kappa shape index (κ2) is 8.11. The molecule has 0 bridgehead atoms. The Bertz CT molecular complexity index is 949. The van der Waals surface area contributed by atoms with Crippen molar-refractivity contribution in [1.29, 1.82) is 0 Å². The molecule has 8 heteroatoms. The number of methoxy groups -OCH3 is 1. The number of hydrogen-bond acceptors (Lipinski definition) is 7. The molecular weight excluding hydrogens is 366 g/mol. The fourth-order valence-corrected chi connectivity index (χ4v) is 2.70. The summed E-state index contributed by atoms with van der Waals surface area (Å²) in [5, 5.41) is 16.5. The summed E-state index contributed by atoms with van der Waals surface area (Å²) in [6.07, 6.45) is 0.853. The lowest BCUT2D eigenvalue weighted by atomic mass is 10.1. The van der Waals surface area contributed by atoms with E-state index in [0.29, 0.717) is 39.6 Å². The molecule has 2 aromatic carbocycles. The van der Waals surface area contributed by atoms with Gasteiger partial charge in [-0.2, -0.15) is 4.98 Å². The Morgan fingerprint density at radius 1 is 1.15 bits per heavy atom. The van der Waals surface area contributed by atoms with Crippen molar-refractivity contribution in [3.05, 3.63) is 59.2 Å². The van der Waals surface area contributed by atoms with Crippen molar-refractivity contribution in [2.24, 2.45) is 0 Å². The van der Waals surface area contributed by atoms with Crippen LogP contribution in [0.25, 0.3) is 0 Å². The molecule has 3 rings (SSSR count). The number of para-hydroxylation sites is 1. The molecule has 1 unspecified atom stereocenters. The molecule has 140 valence electrons. The number of rotatable bonds is 6. The van der Waals surface area contributed by atoms with Crippen LogP contribution in [-0.2, 0) is 0 Å². The lowest BCUT2D eigenvalue weighted by molar-refractivity contribution is 0.200. The molecule has 0 radical (unpaired) electrons. The number of aliphatic hydroxyl groups excluding tert-OH is 1. The average Bonchev–Trinajstić information content (AvgIpc) is 2.65. The summed E-state index contributed by atoms with van der Waals surface area (Å²) in [4.78, 5) is 8.62. The normalized spacial score (nSPS) is 11.7. The van der Waals surface area contributed by atoms with Crippen LogP contribution in [-0.4, -0.2) is 22.2 Å². The van der Waals surface area contributed by atoms with Gasteiger partial charge in [0.05, 0.1) is 25.1 Å². The Kier molecular flexibility index (Phi) is 5.63. The average molecular weight is 386 g/mol. The standard InChI is InChI=1S/C19H20ClN5O2/c1-11(26)13-5-3-4-6-15(13)23-18-14(20)10-22-19(25-18)24-16-9-12(21)7-8-17(16)27-2/h3-11,26H,21H2,1-2H3,(H2,22,23,24,25). The lowest BCUT2D eigenvalue weighted by Gasteiger charge is -2.15. The van der Waals surface area contributed by atoms with E-state index < -0.39 is 6.10 Å². The van der Waals surface area contributed by atoms with Gasteiger partial charge in [-0.15, -0.1) is 0 Å². The maximum absolute atomic E-state index is 9.94. The molecule has 0 saturated carbocycles. The first-order chi connectivity index (χ1) is 13.0. The second-order valence-electron chi connectivity index (χ2n) is 5.86. The summed E-state index contributed by atoms with van der Waals surface area (Å²) in [6.45, 7) is 1.70. The highest BCUT2D eigenvalue weighted by atomic mass is 35.5. The van der Waals surface area contributed by atoms with E-state index in [2.05, 4.69) is 20.6 Å². The van der Waals surface area contributed by atoms with Crippen molar-refractivity contribution < 1.29 is 9.84 Å². The molecule has 0 fully saturated rings. The van der Waals surface area contributed by atoms with Gasteiger partial charge in [0.2, 0.25) is 5.95 Å². The predicted octanol–water partition coefficient (Wildman–Crippen LogP) is 4.26. The molecule has 1 atom stereocenters. The number of aromatic nitrogens is 2. The van der Waals surface area contributed by atoms with Crippen LogP contribution in [0.4, 0.5) is 28.8 Å². The van der Waals surface area contributed by atoms with Gasteiger partial charge in [0.1, 0.15) is 10.8 Å². The third-order valence-corrected chi connectivity index (χ3v) is 4.15. The third kappa shape index (κ3) is 4.39. The van der Waals surface area contributed by atoms with E-state index in [0.717, 1.165) is 5.56 Å². The van der Waals surface area contributed by atoms with Crippen LogP contribution >= 0.6 is 11.6 Å². The summed E-state index contributed by atoms with van der Waals surface area (Å²) in [6, 6.07) is 12.6. The Hall–Kier alpha value is -3.03. The third-order valence-electron chi connectivity index (χ3n) is 3.88. The summed E-state index contributed by atoms with van der Waals surface area (Å²) in [5.41, 5.74) is 8.50. The van der Waals surface area contributed by atoms with E-state index in [4.69, 9.17) is 22.1 Å². The van der Waals surface area contributed by atoms with Gasteiger partial charge in [0, 0.05) is 16.9 Å². The minimum atomic E-state index is -0.636. The Labute approximate surface area is 162 Å². The number of aliphatic hydroxyl groups is 1. The highest BCUT2D eigenvalue weighted by molar-refractivity contribution is 6.32. The van der Waals surface area contributed by atoms with Crippen molar-refractivity contribution in [3.8, 4) is 5.75 Å². The summed E-state index contributed by atoms with van der Waals surface area (Å²) < 4.78 is 5.32. The zero-order valence-corrected chi connectivity index (χ0v) is 15.7. The number of nitrogens with one attached hydrogen (secondary N) is 2. The van der Waals surface area contributed by atoms with Gasteiger partial charge in [-0.25, -0.2) is 4.98 Å². The van der Waals surface area contributed by atoms with Gasteiger partial charge < -0.3 is 26.2 Å². The van der Waals surface area contributed by atoms with Crippen LogP contribution in [0.1, 0.15) is 18.6 Å². The first kappa shape index (κ1) is 18.8. The SMILES string of the molecule is COc1ccc(N)cc1Nc1ncc(Cl)c(Nc2ccccc2C(C)O)n1. The smallest absolute Gasteiger partial charge is 0.229 e. The van der Waals surface area contributed by atoms with Crippen LogP contribution in [0.2, 0.25) is 5.02 Å². The molecule has 3 aromatic rings. The van der Waals surface area contributed by atoms with Crippen LogP contribution in [0.15, 0.2) is 48.7 Å². The highest BCUT2D eigenvalue weighted by Crippen LogP contribution is 2.31. The van der Waals surface area contributed by atoms with E-state index in [1.165, 1.54) is 6.20 Å². The Morgan fingerprint density at radius 2 is 1.93 bits per heavy atom. The summed E-state index contributed by atoms with van der Waals surface area (Å²) in [5.74, 6) is 1.34. The number of nitrogens with two attached hydrogens (primary N) is 1. The quantitative estimate of drug-likeness (QED) is 0.470. The van der Waals surface area contributed by atoms with Gasteiger partial charge in [0.25, 0.3) is 0 Å². The maximum Gasteiger partial charge on any atom is 0.229 e. The van der Waals surface area contributed by atoms with Gasteiger partial charge >= 0.3 is 0 Å². The van der Waals surface area contributed by atoms with Crippen molar-refractivity contribution in [2.75, 3.05) is 23.5 Å². The van der Waals surface area contributed by atoms with E-state index in [-0.39, 0.29) is 0 Å². The molecular formula is C19H20ClN5O2. The van der Waals surface area contributed by atoms with Crippen LogP contribution < -0.4 is 21.1 Å². The Balaban J connectivity index is 1.91. The van der Waals surface area contributed by atoms with Gasteiger partial charge in [-0.1, -0.05) is 29.8 Å². The molecule has 7 nitrogen and oxygen atoms in total. The second-order valence-corrected chi connectivity index (χ2v) is 6.27. The molecule has 0 aliphatic carbocycles. The van der Waals surface area contributed by atoms with Crippen LogP contribution in [0.3, 0.4) is 0 Å². The molecule has 1 aromatic heterocycles. The number of nitrogens with zero attached hydrogens (tertiary/aromatic N) is 2. The molecule has 0 aliphatic rings. The lowest BCUT2D eigenvalue weighted by Crippen LogP contribution is -2.05. The molecule has 0 saturated heterocycles. The highest BCUT2D eigenvalue weighted by Gasteiger charge is 2.12. The fraction of sp³-hybridized carbons (Fsp3) is 0.158. The molecule has 5 N–H and O–H groups in total.